The van der Waals surface area contributed by atoms with Gasteiger partial charge < -0.3 is 5.73 Å². The maximum absolute atomic E-state index is 14.4. The molecule has 0 aliphatic rings. The average molecular weight is 662 g/mol. The van der Waals surface area contributed by atoms with Crippen LogP contribution in [0.1, 0.15) is 15.9 Å². The summed E-state index contributed by atoms with van der Waals surface area (Å²) >= 11 is 2.62. The lowest BCUT2D eigenvalue weighted by atomic mass is 9.90. The van der Waals surface area contributed by atoms with Crippen LogP contribution in [-0.2, 0) is 5.67 Å². The highest BCUT2D eigenvalue weighted by Crippen LogP contribution is 2.54. The number of halogens is 9. The van der Waals surface area contributed by atoms with Gasteiger partial charge in [-0.25, -0.2) is 4.39 Å². The van der Waals surface area contributed by atoms with E-state index in [1.807, 2.05) is 0 Å². The number of nitro benzene ring substituents is 1. The van der Waals surface area contributed by atoms with Crippen molar-refractivity contribution in [2.24, 2.45) is 5.73 Å². The Kier molecular flexibility index (Phi) is 6.61. The molecule has 0 heterocycles. The van der Waals surface area contributed by atoms with E-state index in [0.29, 0.717) is 0 Å². The number of hydrogen-bond donors (Lipinski definition) is 1. The largest absolute Gasteiger partial charge is 0.435 e. The normalized spacial score (nSPS) is 12.7. The Morgan fingerprint density at radius 2 is 1.40 bits per heavy atom. The monoisotopic (exact) mass is 662 g/mol. The second kappa shape index (κ2) is 8.08. The standard InChI is InChI=1S/C16H7F7I2N2O3/c17-14(15(18,19)20,16(21,22)23)6-4-8(24)12(9(25)5-6)11-7(13(26)28)2-1-3-10(11)27(29)30/h1-5H,(H2,26,28). The molecule has 0 bridgehead atoms. The zero-order valence-corrected chi connectivity index (χ0v) is 18.4. The van der Waals surface area contributed by atoms with E-state index in [2.05, 4.69) is 0 Å². The molecule has 2 aromatic rings. The molecule has 5 nitrogen and oxygen atoms in total. The van der Waals surface area contributed by atoms with Gasteiger partial charge in [0.2, 0.25) is 5.91 Å². The van der Waals surface area contributed by atoms with Gasteiger partial charge in [-0.05, 0) is 63.4 Å². The van der Waals surface area contributed by atoms with Gasteiger partial charge in [0.1, 0.15) is 0 Å². The number of nitrogens with zero attached hydrogens (tertiary/aromatic N) is 1. The first kappa shape index (κ1) is 24.5. The Bertz CT molecular complexity index is 969. The highest BCUT2D eigenvalue weighted by Gasteiger charge is 2.73. The van der Waals surface area contributed by atoms with Crippen molar-refractivity contribution in [1.82, 2.24) is 0 Å². The summed E-state index contributed by atoms with van der Waals surface area (Å²) < 4.78 is 92.0. The number of nitro groups is 1. The smallest absolute Gasteiger partial charge is 0.366 e. The molecule has 2 aromatic carbocycles. The van der Waals surface area contributed by atoms with Crippen LogP contribution >= 0.6 is 45.2 Å². The van der Waals surface area contributed by atoms with Crippen LogP contribution in [0.25, 0.3) is 11.1 Å². The van der Waals surface area contributed by atoms with Crippen LogP contribution < -0.4 is 5.73 Å². The summed E-state index contributed by atoms with van der Waals surface area (Å²) in [5, 5.41) is 11.4. The van der Waals surface area contributed by atoms with Crippen LogP contribution in [0.3, 0.4) is 0 Å². The van der Waals surface area contributed by atoms with E-state index in [9.17, 15) is 45.6 Å². The first-order valence-corrected chi connectivity index (χ1v) is 9.59. The van der Waals surface area contributed by atoms with Crippen molar-refractivity contribution in [3.63, 3.8) is 0 Å². The summed E-state index contributed by atoms with van der Waals surface area (Å²) in [7, 11) is 0. The molecule has 2 N–H and O–H groups in total. The van der Waals surface area contributed by atoms with E-state index < -0.39 is 45.7 Å². The van der Waals surface area contributed by atoms with Crippen LogP contribution in [0.15, 0.2) is 30.3 Å². The maximum atomic E-state index is 14.4. The third kappa shape index (κ3) is 4.06. The summed E-state index contributed by atoms with van der Waals surface area (Å²) in [6, 6.07) is 3.78. The maximum Gasteiger partial charge on any atom is 0.435 e. The highest BCUT2D eigenvalue weighted by atomic mass is 127. The van der Waals surface area contributed by atoms with Gasteiger partial charge in [-0.2, -0.15) is 26.3 Å². The number of carbonyl (C=O) groups is 1. The van der Waals surface area contributed by atoms with Crippen molar-refractivity contribution in [2.75, 3.05) is 0 Å². The van der Waals surface area contributed by atoms with E-state index in [1.165, 1.54) is 45.2 Å². The SMILES string of the molecule is NC(=O)c1cccc([N+](=O)[O-])c1-c1c(I)cc(C(F)(C(F)(F)F)C(F)(F)F)cc1I. The van der Waals surface area contributed by atoms with Gasteiger partial charge in [-0.3, -0.25) is 14.9 Å². The van der Waals surface area contributed by atoms with Crippen molar-refractivity contribution in [3.05, 3.63) is 58.7 Å². The number of amides is 1. The molecule has 14 heteroatoms. The van der Waals surface area contributed by atoms with Crippen LogP contribution in [0.5, 0.6) is 0 Å². The van der Waals surface area contributed by atoms with Crippen LogP contribution in [0, 0.1) is 17.3 Å². The molecule has 0 aliphatic carbocycles. The topological polar surface area (TPSA) is 86.2 Å². The zero-order chi connectivity index (χ0) is 23.2. The van der Waals surface area contributed by atoms with Crippen LogP contribution in [0.2, 0.25) is 0 Å². The lowest BCUT2D eigenvalue weighted by Gasteiger charge is -2.31. The minimum absolute atomic E-state index is 0.229. The number of alkyl halides is 7. The fourth-order valence-corrected chi connectivity index (χ4v) is 4.97. The molecule has 2 rings (SSSR count). The Labute approximate surface area is 190 Å². The molecule has 162 valence electrons. The molecule has 0 unspecified atom stereocenters. The summed E-state index contributed by atoms with van der Waals surface area (Å²) in [6.07, 6.45) is -12.6. The van der Waals surface area contributed by atoms with Gasteiger partial charge in [0.05, 0.1) is 16.1 Å². The predicted molar refractivity (Wildman–Crippen MR) is 107 cm³/mol. The van der Waals surface area contributed by atoms with Crippen molar-refractivity contribution in [3.8, 4) is 11.1 Å². The van der Waals surface area contributed by atoms with Gasteiger partial charge in [-0.1, -0.05) is 6.07 Å². The van der Waals surface area contributed by atoms with E-state index in [-0.39, 0.29) is 30.4 Å². The lowest BCUT2D eigenvalue weighted by molar-refractivity contribution is -0.384. The Morgan fingerprint density at radius 1 is 0.933 bits per heavy atom. The quantitative estimate of drug-likeness (QED) is 0.193. The Morgan fingerprint density at radius 3 is 1.77 bits per heavy atom. The van der Waals surface area contributed by atoms with Gasteiger partial charge in [-0.15, -0.1) is 0 Å². The fraction of sp³-hybridized carbons (Fsp3) is 0.188. The van der Waals surface area contributed by atoms with Crippen molar-refractivity contribution >= 4 is 56.8 Å². The molecule has 0 saturated heterocycles. The minimum atomic E-state index is -6.32. The third-order valence-corrected chi connectivity index (χ3v) is 5.68. The molecule has 0 aliphatic heterocycles. The molecule has 0 fully saturated rings. The molecular formula is C16H7F7I2N2O3. The molecule has 0 atom stereocenters. The lowest BCUT2D eigenvalue weighted by Crippen LogP contribution is -2.50. The molecule has 0 spiro atoms. The van der Waals surface area contributed by atoms with Crippen LogP contribution in [-0.4, -0.2) is 23.2 Å². The highest BCUT2D eigenvalue weighted by molar-refractivity contribution is 14.1. The summed E-state index contributed by atoms with van der Waals surface area (Å²) in [4.78, 5) is 22.2. The average Bonchev–Trinajstić information content (AvgIpc) is 2.57. The second-order valence-corrected chi connectivity index (χ2v) is 8.11. The van der Waals surface area contributed by atoms with E-state index in [1.54, 1.807) is 0 Å². The summed E-state index contributed by atoms with van der Waals surface area (Å²) in [6.45, 7) is 0. The van der Waals surface area contributed by atoms with E-state index in [0.717, 1.165) is 18.2 Å². The fourth-order valence-electron chi connectivity index (χ4n) is 2.66. The van der Waals surface area contributed by atoms with E-state index >= 15 is 0 Å². The molecule has 1 amide bonds. The minimum Gasteiger partial charge on any atom is -0.366 e. The number of benzene rings is 2. The molecular weight excluding hydrogens is 655 g/mol. The number of nitrogens with two attached hydrogens (primary N) is 1. The zero-order valence-electron chi connectivity index (χ0n) is 14.0. The number of primary amides is 1. The Balaban J connectivity index is 2.92. The number of carbonyl (C=O) groups excluding carboxylic acids is 1. The van der Waals surface area contributed by atoms with E-state index in [4.69, 9.17) is 5.73 Å². The molecule has 30 heavy (non-hydrogen) atoms. The van der Waals surface area contributed by atoms with Gasteiger partial charge in [0.15, 0.2) is 0 Å². The van der Waals surface area contributed by atoms with Crippen molar-refractivity contribution < 1.29 is 40.5 Å². The molecule has 0 aromatic heterocycles. The van der Waals surface area contributed by atoms with Crippen LogP contribution in [0.4, 0.5) is 36.4 Å². The first-order chi connectivity index (χ1) is 13.5. The number of hydrogen-bond acceptors (Lipinski definition) is 3. The summed E-state index contributed by atoms with van der Waals surface area (Å²) in [5.74, 6) is -1.12. The van der Waals surface area contributed by atoms with Gasteiger partial charge in [0, 0.05) is 24.3 Å². The second-order valence-electron chi connectivity index (χ2n) is 5.79. The number of rotatable bonds is 4. The Hall–Kier alpha value is -1.72. The van der Waals surface area contributed by atoms with Gasteiger partial charge in [0.25, 0.3) is 5.69 Å². The van der Waals surface area contributed by atoms with Gasteiger partial charge >= 0.3 is 18.0 Å². The molecule has 0 saturated carbocycles. The predicted octanol–water partition coefficient (Wildman–Crippen LogP) is 5.86. The first-order valence-electron chi connectivity index (χ1n) is 7.43. The summed E-state index contributed by atoms with van der Waals surface area (Å²) in [5.41, 5.74) is -3.89. The molecule has 0 radical (unpaired) electrons. The van der Waals surface area contributed by atoms with Crippen molar-refractivity contribution in [1.29, 1.82) is 0 Å². The third-order valence-electron chi connectivity index (χ3n) is 3.98. The van der Waals surface area contributed by atoms with Crippen molar-refractivity contribution in [2.45, 2.75) is 18.0 Å².